The Balaban J connectivity index is 1.89. The lowest BCUT2D eigenvalue weighted by Crippen LogP contribution is -2.46. The number of nitrogens with one attached hydrogen (secondary N) is 1. The van der Waals surface area contributed by atoms with Gasteiger partial charge in [-0.3, -0.25) is 0 Å². The van der Waals surface area contributed by atoms with Crippen molar-refractivity contribution in [1.82, 2.24) is 15.2 Å². The van der Waals surface area contributed by atoms with Crippen molar-refractivity contribution in [3.8, 4) is 0 Å². The molecule has 6 heteroatoms. The van der Waals surface area contributed by atoms with Crippen molar-refractivity contribution in [1.29, 1.82) is 0 Å². The summed E-state index contributed by atoms with van der Waals surface area (Å²) in [6.45, 7) is 11.6. The first-order valence-corrected chi connectivity index (χ1v) is 9.26. The lowest BCUT2D eigenvalue weighted by molar-refractivity contribution is 0.0794. The van der Waals surface area contributed by atoms with Gasteiger partial charge in [0.2, 0.25) is 0 Å². The SMILES string of the molecule is CC(NC(=O)N1CCC(C(C)O)CC1)c1nc(C(C)(C)C)cs1. The van der Waals surface area contributed by atoms with E-state index in [-0.39, 0.29) is 23.6 Å². The molecule has 2 atom stereocenters. The fourth-order valence-corrected chi connectivity index (χ4v) is 3.81. The molecule has 0 spiro atoms. The van der Waals surface area contributed by atoms with Crippen LogP contribution in [0.3, 0.4) is 0 Å². The second-order valence-corrected chi connectivity index (χ2v) is 8.45. The highest BCUT2D eigenvalue weighted by Crippen LogP contribution is 2.27. The maximum Gasteiger partial charge on any atom is 0.317 e. The molecule has 1 aromatic rings. The van der Waals surface area contributed by atoms with Crippen LogP contribution in [0.5, 0.6) is 0 Å². The average Bonchev–Trinajstić information content (AvgIpc) is 2.97. The highest BCUT2D eigenvalue weighted by atomic mass is 32.1. The lowest BCUT2D eigenvalue weighted by atomic mass is 9.92. The van der Waals surface area contributed by atoms with Gasteiger partial charge in [-0.2, -0.15) is 0 Å². The maximum atomic E-state index is 12.4. The Morgan fingerprint density at radius 1 is 1.39 bits per heavy atom. The summed E-state index contributed by atoms with van der Waals surface area (Å²) in [4.78, 5) is 18.9. The number of nitrogens with zero attached hydrogens (tertiary/aromatic N) is 2. The zero-order valence-corrected chi connectivity index (χ0v) is 15.6. The predicted octanol–water partition coefficient (Wildman–Crippen LogP) is 3.30. The number of aliphatic hydroxyl groups excluding tert-OH is 1. The van der Waals surface area contributed by atoms with Crippen LogP contribution < -0.4 is 5.32 Å². The maximum absolute atomic E-state index is 12.4. The Morgan fingerprint density at radius 2 is 2.00 bits per heavy atom. The average molecular weight is 340 g/mol. The zero-order valence-electron chi connectivity index (χ0n) is 14.8. The van der Waals surface area contributed by atoms with Gasteiger partial charge in [0.25, 0.3) is 0 Å². The number of likely N-dealkylation sites (tertiary alicyclic amines) is 1. The van der Waals surface area contributed by atoms with Crippen molar-refractivity contribution in [3.05, 3.63) is 16.1 Å². The van der Waals surface area contributed by atoms with E-state index < -0.39 is 0 Å². The molecule has 5 nitrogen and oxygen atoms in total. The molecule has 23 heavy (non-hydrogen) atoms. The first kappa shape index (κ1) is 18.2. The van der Waals surface area contributed by atoms with Gasteiger partial charge in [0, 0.05) is 23.9 Å². The minimum Gasteiger partial charge on any atom is -0.393 e. The third-order valence-electron chi connectivity index (χ3n) is 4.51. The number of aliphatic hydroxyl groups is 1. The first-order chi connectivity index (χ1) is 10.7. The molecule has 1 saturated heterocycles. The summed E-state index contributed by atoms with van der Waals surface area (Å²) < 4.78 is 0. The van der Waals surface area contributed by atoms with Crippen LogP contribution >= 0.6 is 11.3 Å². The topological polar surface area (TPSA) is 65.5 Å². The molecule has 0 radical (unpaired) electrons. The van der Waals surface area contributed by atoms with Crippen molar-refractivity contribution < 1.29 is 9.90 Å². The number of hydrogen-bond donors (Lipinski definition) is 2. The van der Waals surface area contributed by atoms with E-state index in [9.17, 15) is 9.90 Å². The van der Waals surface area contributed by atoms with Gasteiger partial charge in [-0.1, -0.05) is 20.8 Å². The number of urea groups is 1. The number of aromatic nitrogens is 1. The Morgan fingerprint density at radius 3 is 2.48 bits per heavy atom. The highest BCUT2D eigenvalue weighted by molar-refractivity contribution is 7.09. The van der Waals surface area contributed by atoms with Crippen LogP contribution in [0.15, 0.2) is 5.38 Å². The number of amides is 2. The van der Waals surface area contributed by atoms with Gasteiger partial charge in [0.1, 0.15) is 5.01 Å². The van der Waals surface area contributed by atoms with Crippen LogP contribution in [-0.2, 0) is 5.41 Å². The van der Waals surface area contributed by atoms with Crippen LogP contribution in [0.1, 0.15) is 64.2 Å². The summed E-state index contributed by atoms with van der Waals surface area (Å²) in [7, 11) is 0. The van der Waals surface area contributed by atoms with E-state index in [2.05, 4.69) is 36.5 Å². The minimum absolute atomic E-state index is 0.0291. The van der Waals surface area contributed by atoms with Crippen LogP contribution in [-0.4, -0.2) is 40.2 Å². The number of carbonyl (C=O) groups excluding carboxylic acids is 1. The third kappa shape index (κ3) is 4.67. The molecule has 2 unspecified atom stereocenters. The highest BCUT2D eigenvalue weighted by Gasteiger charge is 2.27. The molecule has 1 fully saturated rings. The van der Waals surface area contributed by atoms with Crippen molar-refractivity contribution in [2.24, 2.45) is 5.92 Å². The molecule has 0 bridgehead atoms. The summed E-state index contributed by atoms with van der Waals surface area (Å²) >= 11 is 1.60. The summed E-state index contributed by atoms with van der Waals surface area (Å²) in [5, 5.41) is 15.7. The van der Waals surface area contributed by atoms with E-state index in [1.165, 1.54) is 0 Å². The predicted molar refractivity (Wildman–Crippen MR) is 93.7 cm³/mol. The Kier molecular flexibility index (Phi) is 5.68. The molecule has 2 amide bonds. The van der Waals surface area contributed by atoms with Crippen LogP contribution in [0.2, 0.25) is 0 Å². The molecule has 0 aliphatic carbocycles. The standard InChI is InChI=1S/C17H29N3O2S/c1-11(15-19-14(10-23-15)17(3,4)5)18-16(22)20-8-6-13(7-9-20)12(2)21/h10-13,21H,6-9H2,1-5H3,(H,18,22). The number of piperidine rings is 1. The first-order valence-electron chi connectivity index (χ1n) is 8.38. The third-order valence-corrected chi connectivity index (χ3v) is 5.54. The lowest BCUT2D eigenvalue weighted by Gasteiger charge is -2.33. The van der Waals surface area contributed by atoms with E-state index in [1.807, 2.05) is 18.7 Å². The van der Waals surface area contributed by atoms with Gasteiger partial charge in [-0.15, -0.1) is 11.3 Å². The van der Waals surface area contributed by atoms with Crippen LogP contribution in [0.4, 0.5) is 4.79 Å². The van der Waals surface area contributed by atoms with E-state index in [4.69, 9.17) is 0 Å². The Hall–Kier alpha value is -1.14. The quantitative estimate of drug-likeness (QED) is 0.888. The molecule has 1 aromatic heterocycles. The summed E-state index contributed by atoms with van der Waals surface area (Å²) in [6.07, 6.45) is 1.45. The summed E-state index contributed by atoms with van der Waals surface area (Å²) in [5.41, 5.74) is 1.10. The van der Waals surface area contributed by atoms with Gasteiger partial charge in [0.15, 0.2) is 0 Å². The fourth-order valence-electron chi connectivity index (χ4n) is 2.75. The van der Waals surface area contributed by atoms with Gasteiger partial charge in [-0.25, -0.2) is 9.78 Å². The summed E-state index contributed by atoms with van der Waals surface area (Å²) in [5.74, 6) is 0.310. The van der Waals surface area contributed by atoms with Gasteiger partial charge in [0.05, 0.1) is 17.8 Å². The molecule has 130 valence electrons. The van der Waals surface area contributed by atoms with Crippen molar-refractivity contribution >= 4 is 17.4 Å². The van der Waals surface area contributed by atoms with E-state index in [0.717, 1.165) is 23.5 Å². The second kappa shape index (κ2) is 7.18. The van der Waals surface area contributed by atoms with Crippen molar-refractivity contribution in [2.45, 2.75) is 65.0 Å². The number of rotatable bonds is 3. The van der Waals surface area contributed by atoms with Crippen molar-refractivity contribution in [2.75, 3.05) is 13.1 Å². The molecule has 2 N–H and O–H groups in total. The number of thiazole rings is 1. The fraction of sp³-hybridized carbons (Fsp3) is 0.765. The number of carbonyl (C=O) groups is 1. The normalized spacial score (nSPS) is 19.5. The van der Waals surface area contributed by atoms with Crippen molar-refractivity contribution in [3.63, 3.8) is 0 Å². The number of hydrogen-bond acceptors (Lipinski definition) is 4. The molecule has 2 rings (SSSR count). The molecule has 0 aromatic carbocycles. The summed E-state index contributed by atoms with van der Waals surface area (Å²) in [6, 6.07) is -0.118. The second-order valence-electron chi connectivity index (χ2n) is 7.56. The Labute approximate surface area is 143 Å². The van der Waals surface area contributed by atoms with Crippen LogP contribution in [0, 0.1) is 5.92 Å². The van der Waals surface area contributed by atoms with E-state index in [1.54, 1.807) is 11.3 Å². The molecule has 2 heterocycles. The van der Waals surface area contributed by atoms with Gasteiger partial charge in [-0.05, 0) is 32.6 Å². The van der Waals surface area contributed by atoms with Gasteiger partial charge >= 0.3 is 6.03 Å². The molecule has 1 aliphatic rings. The monoisotopic (exact) mass is 339 g/mol. The largest absolute Gasteiger partial charge is 0.393 e. The molecular weight excluding hydrogens is 310 g/mol. The van der Waals surface area contributed by atoms with E-state index >= 15 is 0 Å². The van der Waals surface area contributed by atoms with Gasteiger partial charge < -0.3 is 15.3 Å². The Bertz CT molecular complexity index is 528. The van der Waals surface area contributed by atoms with Crippen LogP contribution in [0.25, 0.3) is 0 Å². The zero-order chi connectivity index (χ0) is 17.2. The molecule has 0 saturated carbocycles. The smallest absolute Gasteiger partial charge is 0.317 e. The van der Waals surface area contributed by atoms with E-state index in [0.29, 0.717) is 19.0 Å². The molecule has 1 aliphatic heterocycles. The minimum atomic E-state index is -0.287. The molecular formula is C17H29N3O2S.